The lowest BCUT2D eigenvalue weighted by Crippen LogP contribution is -2.44. The summed E-state index contributed by atoms with van der Waals surface area (Å²) >= 11 is 0. The molecule has 0 atom stereocenters. The Hall–Kier alpha value is -1.18. The number of hydrogen-bond donors (Lipinski definition) is 0. The Morgan fingerprint density at radius 1 is 1.07 bits per heavy atom. The average Bonchev–Trinajstić information content (AvgIpc) is 2.91. The lowest BCUT2D eigenvalue weighted by Gasteiger charge is -2.40. The molecule has 2 aliphatic carbocycles. The van der Waals surface area contributed by atoms with E-state index in [0.717, 1.165) is 19.3 Å². The van der Waals surface area contributed by atoms with Gasteiger partial charge in [-0.15, -0.1) is 0 Å². The van der Waals surface area contributed by atoms with Gasteiger partial charge in [-0.2, -0.15) is 0 Å². The van der Waals surface area contributed by atoms with Gasteiger partial charge in [0, 0.05) is 24.5 Å². The van der Waals surface area contributed by atoms with Crippen molar-refractivity contribution in [2.45, 2.75) is 75.9 Å². The van der Waals surface area contributed by atoms with Crippen LogP contribution in [0.5, 0.6) is 5.75 Å². The van der Waals surface area contributed by atoms with Gasteiger partial charge in [0.15, 0.2) is 6.79 Å². The predicted octanol–water partition coefficient (Wildman–Crippen LogP) is 3.89. The zero-order chi connectivity index (χ0) is 19.7. The Kier molecular flexibility index (Phi) is 4.19. The average molecular weight is 380 g/mol. The van der Waals surface area contributed by atoms with Crippen LogP contribution in [0.3, 0.4) is 0 Å². The number of benzene rings is 1. The summed E-state index contributed by atoms with van der Waals surface area (Å²) in [5, 5.41) is 0. The van der Waals surface area contributed by atoms with Crippen LogP contribution < -0.4 is 10.2 Å². The van der Waals surface area contributed by atoms with Gasteiger partial charge in [-0.3, -0.25) is 0 Å². The molecule has 27 heavy (non-hydrogen) atoms. The lowest BCUT2D eigenvalue weighted by molar-refractivity contribution is -0.0288. The summed E-state index contributed by atoms with van der Waals surface area (Å²) in [4.78, 5) is 0. The summed E-state index contributed by atoms with van der Waals surface area (Å²) in [5.74, 6) is -2.52. The Bertz CT molecular complexity index is 743. The van der Waals surface area contributed by atoms with E-state index >= 15 is 0 Å². The summed E-state index contributed by atoms with van der Waals surface area (Å²) in [6.07, 6.45) is 2.39. The number of fused-ring (bicyclic) bond motifs is 2. The van der Waals surface area contributed by atoms with Crippen LogP contribution >= 0.6 is 0 Å². The molecule has 1 aliphatic heterocycles. The molecule has 3 aliphatic rings. The fourth-order valence-electron chi connectivity index (χ4n) is 4.52. The van der Waals surface area contributed by atoms with Crippen LogP contribution in [0, 0.1) is 0 Å². The fourth-order valence-corrected chi connectivity index (χ4v) is 4.52. The summed E-state index contributed by atoms with van der Waals surface area (Å²) in [7, 11) is 0.807. The molecule has 1 spiro atoms. The molecule has 1 aromatic rings. The van der Waals surface area contributed by atoms with E-state index in [1.165, 1.54) is 13.2 Å². The first kappa shape index (κ1) is 19.2. The zero-order valence-corrected chi connectivity index (χ0v) is 16.7. The Morgan fingerprint density at radius 2 is 1.70 bits per heavy atom. The van der Waals surface area contributed by atoms with E-state index in [4.69, 9.17) is 18.8 Å². The highest BCUT2D eigenvalue weighted by atomic mass is 19.3. The van der Waals surface area contributed by atoms with Gasteiger partial charge in [-0.1, -0.05) is 6.42 Å². The molecule has 0 aromatic heterocycles. The molecular weight excluding hydrogens is 353 g/mol. The second kappa shape index (κ2) is 5.91. The van der Waals surface area contributed by atoms with Crippen molar-refractivity contribution in [1.29, 1.82) is 0 Å². The Balaban J connectivity index is 1.85. The number of halogens is 2. The molecule has 0 N–H and O–H groups in total. The topological polar surface area (TPSA) is 36.9 Å². The van der Waals surface area contributed by atoms with E-state index in [1.54, 1.807) is 6.07 Å². The third kappa shape index (κ3) is 2.81. The molecular formula is C20H27BF2O4. The van der Waals surface area contributed by atoms with Crippen molar-refractivity contribution in [2.75, 3.05) is 13.9 Å². The van der Waals surface area contributed by atoms with E-state index in [1.807, 2.05) is 27.7 Å². The number of hydrogen-bond acceptors (Lipinski definition) is 4. The van der Waals surface area contributed by atoms with Crippen molar-refractivity contribution in [1.82, 2.24) is 0 Å². The van der Waals surface area contributed by atoms with Crippen LogP contribution in [0.2, 0.25) is 0 Å². The summed E-state index contributed by atoms with van der Waals surface area (Å²) < 4.78 is 52.8. The highest BCUT2D eigenvalue weighted by molar-refractivity contribution is 6.63. The smallest absolute Gasteiger partial charge is 0.468 e. The van der Waals surface area contributed by atoms with E-state index < -0.39 is 29.7 Å². The van der Waals surface area contributed by atoms with Gasteiger partial charge in [0.2, 0.25) is 0 Å². The molecule has 4 rings (SSSR count). The maximum atomic E-state index is 15.0. The van der Waals surface area contributed by atoms with E-state index in [0.29, 0.717) is 16.8 Å². The third-order valence-corrected chi connectivity index (χ3v) is 6.79. The second-order valence-electron chi connectivity index (χ2n) is 9.09. The maximum absolute atomic E-state index is 15.0. The first-order valence-corrected chi connectivity index (χ1v) is 9.55. The molecule has 7 heteroatoms. The number of ether oxygens (including phenoxy) is 2. The lowest BCUT2D eigenvalue weighted by atomic mass is 9.60. The molecule has 2 fully saturated rings. The van der Waals surface area contributed by atoms with Gasteiger partial charge < -0.3 is 18.8 Å². The molecule has 1 saturated heterocycles. The summed E-state index contributed by atoms with van der Waals surface area (Å²) in [6, 6.07) is 3.26. The normalized spacial score (nSPS) is 26.1. The largest absolute Gasteiger partial charge is 0.495 e. The van der Waals surface area contributed by atoms with E-state index in [-0.39, 0.29) is 18.8 Å². The first-order chi connectivity index (χ1) is 12.5. The van der Waals surface area contributed by atoms with Crippen molar-refractivity contribution in [3.05, 3.63) is 23.3 Å². The van der Waals surface area contributed by atoms with E-state index in [9.17, 15) is 8.78 Å². The van der Waals surface area contributed by atoms with Crippen molar-refractivity contribution in [3.8, 4) is 5.75 Å². The molecule has 0 amide bonds. The predicted molar refractivity (Wildman–Crippen MR) is 98.7 cm³/mol. The molecule has 0 bridgehead atoms. The van der Waals surface area contributed by atoms with Gasteiger partial charge in [0.1, 0.15) is 5.75 Å². The van der Waals surface area contributed by atoms with Crippen molar-refractivity contribution in [3.63, 3.8) is 0 Å². The summed E-state index contributed by atoms with van der Waals surface area (Å²) in [6.45, 7) is 7.86. The van der Waals surface area contributed by atoms with E-state index in [2.05, 4.69) is 0 Å². The monoisotopic (exact) mass is 380 g/mol. The number of rotatable bonds is 4. The van der Waals surface area contributed by atoms with Gasteiger partial charge in [0.05, 0.1) is 11.2 Å². The van der Waals surface area contributed by atoms with Crippen LogP contribution in [-0.4, -0.2) is 32.2 Å². The minimum Gasteiger partial charge on any atom is -0.468 e. The molecule has 1 aromatic carbocycles. The fraction of sp³-hybridized carbons (Fsp3) is 0.700. The third-order valence-electron chi connectivity index (χ3n) is 6.79. The van der Waals surface area contributed by atoms with Gasteiger partial charge in [-0.25, -0.2) is 8.78 Å². The molecule has 4 nitrogen and oxygen atoms in total. The quantitative estimate of drug-likeness (QED) is 0.587. The second-order valence-corrected chi connectivity index (χ2v) is 9.09. The standard InChI is InChI=1S/C20H27BF2O4/c1-17(2)18(3,4)27-21(26-17)15-10-13(25-12-24-5)9-14-16(15)19(7-6-8-19)11-20(14,22)23/h9-10H,6-8,11-12H2,1-5H3. The maximum Gasteiger partial charge on any atom is 0.495 e. The molecule has 1 saturated carbocycles. The summed E-state index contributed by atoms with van der Waals surface area (Å²) in [5.41, 5.74) is -0.113. The van der Waals surface area contributed by atoms with Crippen molar-refractivity contribution < 1.29 is 27.6 Å². The first-order valence-electron chi connectivity index (χ1n) is 9.55. The number of methoxy groups -OCH3 is 1. The van der Waals surface area contributed by atoms with Crippen LogP contribution in [0.1, 0.15) is 64.5 Å². The minimum atomic E-state index is -2.87. The number of alkyl halides is 2. The van der Waals surface area contributed by atoms with Gasteiger partial charge >= 0.3 is 7.12 Å². The molecule has 148 valence electrons. The molecule has 0 radical (unpaired) electrons. The zero-order valence-electron chi connectivity index (χ0n) is 16.7. The van der Waals surface area contributed by atoms with Crippen molar-refractivity contribution in [2.24, 2.45) is 0 Å². The van der Waals surface area contributed by atoms with Crippen LogP contribution in [0.4, 0.5) is 8.78 Å². The van der Waals surface area contributed by atoms with Crippen LogP contribution in [0.25, 0.3) is 0 Å². The van der Waals surface area contributed by atoms with Crippen LogP contribution in [-0.2, 0) is 25.4 Å². The minimum absolute atomic E-state index is 0.00168. The highest BCUT2D eigenvalue weighted by Gasteiger charge is 2.60. The Morgan fingerprint density at radius 3 is 2.22 bits per heavy atom. The van der Waals surface area contributed by atoms with Crippen LogP contribution in [0.15, 0.2) is 12.1 Å². The van der Waals surface area contributed by atoms with Crippen molar-refractivity contribution >= 4 is 12.6 Å². The molecule has 1 heterocycles. The Labute approximate surface area is 159 Å². The highest BCUT2D eigenvalue weighted by Crippen LogP contribution is 2.60. The van der Waals surface area contributed by atoms with Gasteiger partial charge in [0.25, 0.3) is 5.92 Å². The molecule has 0 unspecified atom stereocenters. The van der Waals surface area contributed by atoms with Gasteiger partial charge in [-0.05, 0) is 63.7 Å². The SMILES string of the molecule is COCOc1cc(B2OC(C)(C)C(C)(C)O2)c2c(c1)C(F)(F)CC21CCC1.